The highest BCUT2D eigenvalue weighted by molar-refractivity contribution is 8.00. The molecule has 6 rings (SSSR count). The van der Waals surface area contributed by atoms with Crippen LogP contribution in [0.15, 0.2) is 71.1 Å². The van der Waals surface area contributed by atoms with Crippen molar-refractivity contribution in [3.8, 4) is 5.75 Å². The van der Waals surface area contributed by atoms with E-state index >= 15 is 0 Å². The Labute approximate surface area is 207 Å². The Morgan fingerprint density at radius 1 is 1.09 bits per heavy atom. The second kappa shape index (κ2) is 9.39. The van der Waals surface area contributed by atoms with Gasteiger partial charge in [-0.05, 0) is 47.9 Å². The number of nitrogens with zero attached hydrogens (tertiary/aromatic N) is 1. The van der Waals surface area contributed by atoms with E-state index in [2.05, 4.69) is 71.0 Å². The quantitative estimate of drug-likeness (QED) is 0.266. The minimum atomic E-state index is 0. The number of thiazole rings is 1. The summed E-state index contributed by atoms with van der Waals surface area (Å²) in [4.78, 5) is 8.45. The van der Waals surface area contributed by atoms with Crippen molar-refractivity contribution in [2.24, 2.45) is 0 Å². The molecule has 2 N–H and O–H groups in total. The van der Waals surface area contributed by atoms with Crippen LogP contribution in [0.3, 0.4) is 0 Å². The number of aromatic nitrogens is 2. The summed E-state index contributed by atoms with van der Waals surface area (Å²) in [7, 11) is 1.75. The van der Waals surface area contributed by atoms with Crippen LogP contribution in [0.25, 0.3) is 21.1 Å². The number of H-pyrrole nitrogens is 1. The molecular weight excluding hydrogens is 470 g/mol. The van der Waals surface area contributed by atoms with Crippen LogP contribution in [0.2, 0.25) is 0 Å². The fourth-order valence-electron chi connectivity index (χ4n) is 4.61. The number of methoxy groups -OCH3 is 1. The molecule has 1 atom stereocenters. The number of thioether (sulfide) groups is 1. The molecule has 0 aliphatic carbocycles. The van der Waals surface area contributed by atoms with Crippen molar-refractivity contribution in [1.82, 2.24) is 15.3 Å². The van der Waals surface area contributed by atoms with Gasteiger partial charge in [-0.2, -0.15) is 0 Å². The monoisotopic (exact) mass is 493 g/mol. The number of rotatable bonds is 5. The Morgan fingerprint density at radius 3 is 2.82 bits per heavy atom. The van der Waals surface area contributed by atoms with Gasteiger partial charge in [-0.3, -0.25) is 0 Å². The van der Waals surface area contributed by atoms with E-state index in [-0.39, 0.29) is 18.4 Å². The number of para-hydroxylation sites is 2. The van der Waals surface area contributed by atoms with Crippen LogP contribution in [0.4, 0.5) is 0 Å². The van der Waals surface area contributed by atoms with E-state index in [0.717, 1.165) is 34.3 Å². The summed E-state index contributed by atoms with van der Waals surface area (Å²) >= 11 is 3.52. The van der Waals surface area contributed by atoms with Gasteiger partial charge in [-0.25, -0.2) is 4.98 Å². The number of hydrogen-bond donors (Lipinski definition) is 2. The number of aromatic amines is 1. The maximum absolute atomic E-state index is 5.69. The van der Waals surface area contributed by atoms with Crippen molar-refractivity contribution in [3.63, 3.8) is 0 Å². The smallest absolute Gasteiger partial charge is 0.151 e. The summed E-state index contributed by atoms with van der Waals surface area (Å²) in [6, 6.07) is 23.6. The lowest BCUT2D eigenvalue weighted by Crippen LogP contribution is -2.30. The first kappa shape index (κ1) is 22.3. The number of ether oxygens (including phenoxy) is 1. The van der Waals surface area contributed by atoms with E-state index in [4.69, 9.17) is 9.72 Å². The lowest BCUT2D eigenvalue weighted by atomic mass is 9.93. The largest absolute Gasteiger partial charge is 0.496 e. The van der Waals surface area contributed by atoms with Crippen LogP contribution in [0.5, 0.6) is 5.75 Å². The third-order valence-electron chi connectivity index (χ3n) is 6.12. The molecule has 7 heteroatoms. The first-order valence-electron chi connectivity index (χ1n) is 10.8. The molecule has 3 heterocycles. The van der Waals surface area contributed by atoms with Gasteiger partial charge in [0.05, 0.1) is 23.4 Å². The van der Waals surface area contributed by atoms with E-state index in [1.54, 1.807) is 30.2 Å². The summed E-state index contributed by atoms with van der Waals surface area (Å²) in [6.07, 6.45) is 1.05. The Bertz CT molecular complexity index is 1390. The highest BCUT2D eigenvalue weighted by Gasteiger charge is 2.25. The molecule has 0 fully saturated rings. The number of fused-ring (bicyclic) bond motifs is 4. The Morgan fingerprint density at radius 2 is 1.94 bits per heavy atom. The van der Waals surface area contributed by atoms with E-state index in [1.165, 1.54) is 38.0 Å². The third-order valence-corrected chi connectivity index (χ3v) is 8.35. The highest BCUT2D eigenvalue weighted by atomic mass is 35.5. The first-order valence-corrected chi connectivity index (χ1v) is 12.6. The molecule has 2 aromatic heterocycles. The Kier molecular flexibility index (Phi) is 6.34. The molecule has 0 radical (unpaired) electrons. The molecule has 1 aliphatic rings. The number of nitrogens with one attached hydrogen (secondary N) is 2. The van der Waals surface area contributed by atoms with Crippen LogP contribution in [0.1, 0.15) is 28.4 Å². The van der Waals surface area contributed by atoms with Gasteiger partial charge in [0, 0.05) is 34.5 Å². The SMILES string of the molecule is COc1ccc(C2NCCc3c2[nH]c2ccccc32)cc1CSc1nc2ccccc2s1.Cl. The molecular formula is C26H24ClN3OS2. The van der Waals surface area contributed by atoms with Gasteiger partial charge in [0.25, 0.3) is 0 Å². The van der Waals surface area contributed by atoms with E-state index in [9.17, 15) is 0 Å². The number of benzene rings is 3. The van der Waals surface area contributed by atoms with Crippen molar-refractivity contribution in [2.45, 2.75) is 22.6 Å². The van der Waals surface area contributed by atoms with Crippen molar-refractivity contribution in [2.75, 3.05) is 13.7 Å². The summed E-state index contributed by atoms with van der Waals surface area (Å²) in [5.74, 6) is 1.75. The normalized spacial score (nSPS) is 15.4. The zero-order valence-electron chi connectivity index (χ0n) is 18.1. The maximum atomic E-state index is 5.69. The molecule has 168 valence electrons. The van der Waals surface area contributed by atoms with Gasteiger partial charge in [0.2, 0.25) is 0 Å². The Balaban J connectivity index is 0.00000228. The predicted octanol–water partition coefficient (Wildman–Crippen LogP) is 6.74. The van der Waals surface area contributed by atoms with Crippen LogP contribution < -0.4 is 10.1 Å². The summed E-state index contributed by atoms with van der Waals surface area (Å²) in [5.41, 5.74) is 7.46. The van der Waals surface area contributed by atoms with Gasteiger partial charge in [0.1, 0.15) is 5.75 Å². The van der Waals surface area contributed by atoms with Gasteiger partial charge in [-0.15, -0.1) is 23.7 Å². The van der Waals surface area contributed by atoms with Crippen LogP contribution >= 0.6 is 35.5 Å². The molecule has 0 bridgehead atoms. The second-order valence-electron chi connectivity index (χ2n) is 8.01. The van der Waals surface area contributed by atoms with Gasteiger partial charge in [-0.1, -0.05) is 48.2 Å². The van der Waals surface area contributed by atoms with Crippen molar-refractivity contribution in [1.29, 1.82) is 0 Å². The lowest BCUT2D eigenvalue weighted by molar-refractivity contribution is 0.411. The summed E-state index contributed by atoms with van der Waals surface area (Å²) in [5, 5.41) is 5.06. The standard InChI is InChI=1S/C26H23N3OS2.ClH/c1-30-22-11-10-16(14-17(22)15-31-26-29-21-8-4-5-9-23(21)32-26)24-25-19(12-13-27-24)18-6-2-3-7-20(18)28-25;/h2-11,14,24,27-28H,12-13,15H2,1H3;1H. The lowest BCUT2D eigenvalue weighted by Gasteiger charge is -2.25. The molecule has 1 unspecified atom stereocenters. The molecule has 3 aromatic carbocycles. The summed E-state index contributed by atoms with van der Waals surface area (Å²) < 4.78 is 8.01. The zero-order chi connectivity index (χ0) is 21.5. The molecule has 4 nitrogen and oxygen atoms in total. The number of halogens is 1. The minimum Gasteiger partial charge on any atom is -0.496 e. The second-order valence-corrected chi connectivity index (χ2v) is 10.3. The van der Waals surface area contributed by atoms with Gasteiger partial charge < -0.3 is 15.0 Å². The zero-order valence-corrected chi connectivity index (χ0v) is 20.6. The fraction of sp³-hybridized carbons (Fsp3) is 0.192. The molecule has 0 amide bonds. The predicted molar refractivity (Wildman–Crippen MR) is 141 cm³/mol. The van der Waals surface area contributed by atoms with Gasteiger partial charge >= 0.3 is 0 Å². The molecule has 0 spiro atoms. The summed E-state index contributed by atoms with van der Waals surface area (Å²) in [6.45, 7) is 0.974. The minimum absolute atomic E-state index is 0. The first-order chi connectivity index (χ1) is 15.8. The average molecular weight is 494 g/mol. The molecule has 1 aliphatic heterocycles. The van der Waals surface area contributed by atoms with E-state index < -0.39 is 0 Å². The molecule has 5 aromatic rings. The third kappa shape index (κ3) is 4.13. The topological polar surface area (TPSA) is 49.9 Å². The molecule has 0 saturated heterocycles. The number of hydrogen-bond acceptors (Lipinski definition) is 5. The maximum Gasteiger partial charge on any atom is 0.151 e. The van der Waals surface area contributed by atoms with E-state index in [1.807, 2.05) is 6.07 Å². The van der Waals surface area contributed by atoms with Gasteiger partial charge in [0.15, 0.2) is 4.34 Å². The highest BCUT2D eigenvalue weighted by Crippen LogP contribution is 2.37. The van der Waals surface area contributed by atoms with E-state index in [0.29, 0.717) is 0 Å². The molecule has 0 saturated carbocycles. The van der Waals surface area contributed by atoms with Crippen molar-refractivity contribution in [3.05, 3.63) is 89.1 Å². The molecule has 33 heavy (non-hydrogen) atoms. The van der Waals surface area contributed by atoms with Crippen LogP contribution in [-0.4, -0.2) is 23.6 Å². The van der Waals surface area contributed by atoms with Crippen molar-refractivity contribution >= 4 is 56.6 Å². The van der Waals surface area contributed by atoms with Crippen LogP contribution in [0, 0.1) is 0 Å². The van der Waals surface area contributed by atoms with Crippen LogP contribution in [-0.2, 0) is 12.2 Å². The Hall–Kier alpha value is -2.51. The van der Waals surface area contributed by atoms with Crippen molar-refractivity contribution < 1.29 is 4.74 Å². The fourth-order valence-corrected chi connectivity index (χ4v) is 6.65. The average Bonchev–Trinajstić information content (AvgIpc) is 3.43.